The minimum Gasteiger partial charge on any atom is -0.462 e. The molecule has 0 aliphatic carbocycles. The van der Waals surface area contributed by atoms with Gasteiger partial charge in [-0.25, -0.2) is 18.3 Å². The van der Waals surface area contributed by atoms with Gasteiger partial charge in [-0.05, 0) is 29.5 Å². The lowest BCUT2D eigenvalue weighted by atomic mass is 10.2. The zero-order chi connectivity index (χ0) is 21.8. The van der Waals surface area contributed by atoms with Crippen LogP contribution in [0.4, 0.5) is 14.7 Å². The van der Waals surface area contributed by atoms with E-state index in [-0.39, 0.29) is 18.8 Å². The Kier molecular flexibility index (Phi) is 6.16. The quantitative estimate of drug-likeness (QED) is 0.522. The van der Waals surface area contributed by atoms with Crippen LogP contribution >= 0.6 is 0 Å². The first-order valence-corrected chi connectivity index (χ1v) is 9.90. The lowest BCUT2D eigenvalue weighted by molar-refractivity contribution is 0.0511. The van der Waals surface area contributed by atoms with Crippen molar-refractivity contribution in [3.05, 3.63) is 47.8 Å². The monoisotopic (exact) mass is 432 g/mol. The van der Waals surface area contributed by atoms with Gasteiger partial charge in [0.05, 0.1) is 25.2 Å². The summed E-state index contributed by atoms with van der Waals surface area (Å²) in [5.41, 5.74) is 0.237. The number of rotatable bonds is 7. The van der Waals surface area contributed by atoms with Crippen LogP contribution in [0.1, 0.15) is 29.4 Å². The van der Waals surface area contributed by atoms with Crippen LogP contribution in [0.3, 0.4) is 0 Å². The highest BCUT2D eigenvalue weighted by Gasteiger charge is 2.28. The number of para-hydroxylation sites is 1. The van der Waals surface area contributed by atoms with E-state index >= 15 is 0 Å². The summed E-state index contributed by atoms with van der Waals surface area (Å²) < 4.78 is 34.9. The highest BCUT2D eigenvalue weighted by Crippen LogP contribution is 2.24. The molecule has 164 valence electrons. The van der Waals surface area contributed by atoms with E-state index in [0.717, 1.165) is 11.9 Å². The van der Waals surface area contributed by atoms with E-state index in [4.69, 9.17) is 4.74 Å². The molecule has 0 atom stereocenters. The third-order valence-electron chi connectivity index (χ3n) is 5.03. The second-order valence-corrected chi connectivity index (χ2v) is 6.94. The molecule has 2 aromatic heterocycles. The Bertz CT molecular complexity index is 1020. The Hall–Kier alpha value is -3.41. The van der Waals surface area contributed by atoms with Gasteiger partial charge in [-0.15, -0.1) is 0 Å². The number of esters is 1. The van der Waals surface area contributed by atoms with Gasteiger partial charge in [0.2, 0.25) is 5.95 Å². The zero-order valence-corrected chi connectivity index (χ0v) is 16.9. The summed E-state index contributed by atoms with van der Waals surface area (Å²) in [6.07, 6.45) is -1.69. The molecule has 0 bridgehead atoms. The fourth-order valence-electron chi connectivity index (χ4n) is 3.50. The lowest BCUT2D eigenvalue weighted by Gasteiger charge is -2.34. The molecule has 0 spiro atoms. The molecule has 4 rings (SSSR count). The number of halogens is 2. The molecule has 0 amide bonds. The number of alkyl halides is 2. The van der Waals surface area contributed by atoms with E-state index in [9.17, 15) is 13.6 Å². The Morgan fingerprint density at radius 2 is 1.90 bits per heavy atom. The topological polar surface area (TPSA) is 94.2 Å². The van der Waals surface area contributed by atoms with Crippen molar-refractivity contribution in [2.45, 2.75) is 20.0 Å². The summed E-state index contributed by atoms with van der Waals surface area (Å²) in [6.45, 7) is 4.30. The number of carbonyl (C=O) groups excluding carboxylic acids is 1. The molecule has 0 saturated carbocycles. The molecule has 1 fully saturated rings. The molecule has 31 heavy (non-hydrogen) atoms. The molecule has 3 aromatic rings. The van der Waals surface area contributed by atoms with Gasteiger partial charge in [-0.1, -0.05) is 23.3 Å². The van der Waals surface area contributed by atoms with Crippen molar-refractivity contribution in [3.8, 4) is 5.69 Å². The largest absolute Gasteiger partial charge is 0.462 e. The number of tetrazole rings is 1. The van der Waals surface area contributed by atoms with Gasteiger partial charge < -0.3 is 9.64 Å². The SMILES string of the molecule is CCOC(=O)c1cnn(CN2CCN(c3nnnn3-c3ccccc3)CC2)c1C(F)F. The average Bonchev–Trinajstić information content (AvgIpc) is 3.43. The van der Waals surface area contributed by atoms with Gasteiger partial charge in [0.25, 0.3) is 6.43 Å². The second kappa shape index (κ2) is 9.16. The first kappa shape index (κ1) is 20.8. The highest BCUT2D eigenvalue weighted by atomic mass is 19.3. The third-order valence-corrected chi connectivity index (χ3v) is 5.03. The first-order valence-electron chi connectivity index (χ1n) is 9.90. The predicted molar refractivity (Wildman–Crippen MR) is 106 cm³/mol. The van der Waals surface area contributed by atoms with Gasteiger partial charge in [0.1, 0.15) is 11.3 Å². The summed E-state index contributed by atoms with van der Waals surface area (Å²) in [5.74, 6) is -0.163. The van der Waals surface area contributed by atoms with Crippen molar-refractivity contribution < 1.29 is 18.3 Å². The van der Waals surface area contributed by atoms with Crippen molar-refractivity contribution in [1.82, 2.24) is 34.9 Å². The van der Waals surface area contributed by atoms with Gasteiger partial charge in [0, 0.05) is 26.2 Å². The van der Waals surface area contributed by atoms with Crippen molar-refractivity contribution in [3.63, 3.8) is 0 Å². The highest BCUT2D eigenvalue weighted by molar-refractivity contribution is 5.90. The van der Waals surface area contributed by atoms with E-state index < -0.39 is 18.1 Å². The number of carbonyl (C=O) groups is 1. The first-order chi connectivity index (χ1) is 15.1. The molecule has 10 nitrogen and oxygen atoms in total. The molecule has 1 saturated heterocycles. The van der Waals surface area contributed by atoms with Crippen molar-refractivity contribution in [2.75, 3.05) is 37.7 Å². The van der Waals surface area contributed by atoms with Crippen LogP contribution < -0.4 is 4.90 Å². The van der Waals surface area contributed by atoms with E-state index in [0.29, 0.717) is 32.1 Å². The summed E-state index contributed by atoms with van der Waals surface area (Å²) in [4.78, 5) is 16.0. The Labute approximate surface area is 177 Å². The molecule has 12 heteroatoms. The van der Waals surface area contributed by atoms with Gasteiger partial charge in [0.15, 0.2) is 0 Å². The summed E-state index contributed by atoms with van der Waals surface area (Å²) in [5, 5.41) is 16.0. The van der Waals surface area contributed by atoms with E-state index in [2.05, 4.69) is 20.6 Å². The summed E-state index contributed by atoms with van der Waals surface area (Å²) in [6, 6.07) is 9.58. The van der Waals surface area contributed by atoms with Crippen LogP contribution in [-0.4, -0.2) is 73.6 Å². The van der Waals surface area contributed by atoms with Crippen molar-refractivity contribution >= 4 is 11.9 Å². The number of benzene rings is 1. The molecule has 1 aromatic carbocycles. The Morgan fingerprint density at radius 3 is 2.58 bits per heavy atom. The fraction of sp³-hybridized carbons (Fsp3) is 0.421. The predicted octanol–water partition coefficient (Wildman–Crippen LogP) is 1.75. The summed E-state index contributed by atoms with van der Waals surface area (Å²) >= 11 is 0. The van der Waals surface area contributed by atoms with E-state index in [1.807, 2.05) is 40.1 Å². The smallest absolute Gasteiger partial charge is 0.341 e. The maximum absolute atomic E-state index is 13.6. The molecule has 1 aliphatic heterocycles. The molecule has 1 aliphatic rings. The van der Waals surface area contributed by atoms with Crippen molar-refractivity contribution in [1.29, 1.82) is 0 Å². The van der Waals surface area contributed by atoms with Crippen LogP contribution in [-0.2, 0) is 11.4 Å². The second-order valence-electron chi connectivity index (χ2n) is 6.94. The molecular weight excluding hydrogens is 410 g/mol. The minimum absolute atomic E-state index is 0.108. The number of piperazine rings is 1. The maximum Gasteiger partial charge on any atom is 0.341 e. The van der Waals surface area contributed by atoms with Crippen LogP contribution in [0.5, 0.6) is 0 Å². The number of hydrogen-bond acceptors (Lipinski definition) is 8. The third kappa shape index (κ3) is 4.38. The van der Waals surface area contributed by atoms with Gasteiger partial charge >= 0.3 is 5.97 Å². The number of hydrogen-bond donors (Lipinski definition) is 0. The van der Waals surface area contributed by atoms with Crippen molar-refractivity contribution in [2.24, 2.45) is 0 Å². The number of anilines is 1. The minimum atomic E-state index is -2.83. The molecular formula is C19H22F2N8O2. The van der Waals surface area contributed by atoms with Crippen LogP contribution in [0, 0.1) is 0 Å². The van der Waals surface area contributed by atoms with Crippen LogP contribution in [0.15, 0.2) is 36.5 Å². The zero-order valence-electron chi connectivity index (χ0n) is 16.9. The van der Waals surface area contributed by atoms with Gasteiger partial charge in [-0.2, -0.15) is 9.78 Å². The van der Waals surface area contributed by atoms with E-state index in [1.165, 1.54) is 4.68 Å². The maximum atomic E-state index is 13.6. The Balaban J connectivity index is 1.43. The number of nitrogens with zero attached hydrogens (tertiary/aromatic N) is 8. The number of aromatic nitrogens is 6. The lowest BCUT2D eigenvalue weighted by Crippen LogP contribution is -2.47. The number of ether oxygens (including phenoxy) is 1. The van der Waals surface area contributed by atoms with Gasteiger partial charge in [-0.3, -0.25) is 4.90 Å². The normalized spacial score (nSPS) is 14.9. The molecule has 3 heterocycles. The summed E-state index contributed by atoms with van der Waals surface area (Å²) in [7, 11) is 0. The van der Waals surface area contributed by atoms with Crippen LogP contribution in [0.2, 0.25) is 0 Å². The van der Waals surface area contributed by atoms with Crippen LogP contribution in [0.25, 0.3) is 5.69 Å². The average molecular weight is 432 g/mol. The fourth-order valence-corrected chi connectivity index (χ4v) is 3.50. The molecule has 0 N–H and O–H groups in total. The molecule has 0 radical (unpaired) electrons. The Morgan fingerprint density at radius 1 is 1.16 bits per heavy atom. The standard InChI is InChI=1S/C19H22F2N8O2/c1-2-31-18(30)15-12-22-28(16(15)17(20)21)13-26-8-10-27(11-9-26)19-23-24-25-29(19)14-6-4-3-5-7-14/h3-7,12,17H,2,8-11,13H2,1H3. The molecule has 0 unspecified atom stereocenters. The van der Waals surface area contributed by atoms with E-state index in [1.54, 1.807) is 11.6 Å².